The molecule has 15 heavy (non-hydrogen) atoms. The molecule has 0 aliphatic heterocycles. The molecule has 1 N–H and O–H groups in total. The number of nitrogens with one attached hydrogen (secondary N) is 1. The highest BCUT2D eigenvalue weighted by Crippen LogP contribution is 1.99. The summed E-state index contributed by atoms with van der Waals surface area (Å²) in [4.78, 5) is 11.4. The maximum absolute atomic E-state index is 3.94. The lowest BCUT2D eigenvalue weighted by atomic mass is 10.4. The van der Waals surface area contributed by atoms with Crippen LogP contribution in [0.5, 0.6) is 0 Å². The van der Waals surface area contributed by atoms with Gasteiger partial charge in [-0.3, -0.25) is 9.97 Å². The Balaban J connectivity index is 0.000000124. The van der Waals surface area contributed by atoms with Crippen LogP contribution in [0.25, 0.3) is 11.2 Å². The molecular formula is C9H8N6. The molecule has 6 heteroatoms. The van der Waals surface area contributed by atoms with Crippen molar-refractivity contribution in [2.75, 3.05) is 0 Å². The van der Waals surface area contributed by atoms with Gasteiger partial charge in [-0.2, -0.15) is 10.3 Å². The van der Waals surface area contributed by atoms with Gasteiger partial charge in [-0.05, 0) is 12.1 Å². The van der Waals surface area contributed by atoms with Gasteiger partial charge in [0.25, 0.3) is 0 Å². The third-order valence-electron chi connectivity index (χ3n) is 1.57. The predicted molar refractivity (Wildman–Crippen MR) is 53.7 cm³/mol. The Morgan fingerprint density at radius 2 is 1.60 bits per heavy atom. The quantitative estimate of drug-likeness (QED) is 0.581. The lowest BCUT2D eigenvalue weighted by Crippen LogP contribution is -1.71. The average Bonchev–Trinajstić information content (AvgIpc) is 2.80. The highest BCUT2D eigenvalue weighted by molar-refractivity contribution is 5.67. The number of hydrogen-bond donors (Lipinski definition) is 1. The maximum atomic E-state index is 3.94. The number of aromatic amines is 1. The van der Waals surface area contributed by atoms with Gasteiger partial charge in [-0.15, -0.1) is 5.10 Å². The standard InChI is InChI=1S/C5H4N4.C4H4N2/c1-2-4-5(6-3-1)8-9-7-4;1-2-6-4-3-5-1/h1-3H,(H,6,7,8,9);1-4H. The Labute approximate surface area is 85.4 Å². The second-order valence-corrected chi connectivity index (χ2v) is 2.56. The van der Waals surface area contributed by atoms with Crippen LogP contribution in [-0.4, -0.2) is 30.4 Å². The molecule has 0 saturated carbocycles. The van der Waals surface area contributed by atoms with E-state index < -0.39 is 0 Å². The summed E-state index contributed by atoms with van der Waals surface area (Å²) in [5.74, 6) is 0. The minimum atomic E-state index is 0.664. The Kier molecular flexibility index (Phi) is 2.91. The lowest BCUT2D eigenvalue weighted by molar-refractivity contribution is 0.954. The monoisotopic (exact) mass is 200 g/mol. The van der Waals surface area contributed by atoms with Gasteiger partial charge in [0.15, 0.2) is 0 Å². The van der Waals surface area contributed by atoms with E-state index in [2.05, 4.69) is 30.4 Å². The van der Waals surface area contributed by atoms with Crippen molar-refractivity contribution in [3.63, 3.8) is 0 Å². The van der Waals surface area contributed by atoms with E-state index in [1.807, 2.05) is 12.1 Å². The maximum Gasteiger partial charge on any atom is 0.201 e. The highest BCUT2D eigenvalue weighted by Gasteiger charge is 1.92. The van der Waals surface area contributed by atoms with Crippen LogP contribution >= 0.6 is 0 Å². The molecule has 0 saturated heterocycles. The molecule has 0 unspecified atom stereocenters. The van der Waals surface area contributed by atoms with Gasteiger partial charge < -0.3 is 0 Å². The summed E-state index contributed by atoms with van der Waals surface area (Å²) in [6.07, 6.45) is 8.24. The predicted octanol–water partition coefficient (Wildman–Crippen LogP) is 0.829. The zero-order chi connectivity index (χ0) is 10.3. The molecule has 3 aromatic rings. The Morgan fingerprint density at radius 1 is 0.867 bits per heavy atom. The van der Waals surface area contributed by atoms with Crippen LogP contribution in [0.15, 0.2) is 43.1 Å². The topological polar surface area (TPSA) is 80.2 Å². The molecule has 74 valence electrons. The molecule has 3 rings (SSSR count). The number of fused-ring (bicyclic) bond motifs is 1. The summed E-state index contributed by atoms with van der Waals surface area (Å²) in [5.41, 5.74) is 1.47. The molecular weight excluding hydrogens is 192 g/mol. The van der Waals surface area contributed by atoms with E-state index in [-0.39, 0.29) is 0 Å². The number of H-pyrrole nitrogens is 1. The van der Waals surface area contributed by atoms with Crippen LogP contribution in [0.3, 0.4) is 0 Å². The van der Waals surface area contributed by atoms with Gasteiger partial charge in [0.2, 0.25) is 5.65 Å². The summed E-state index contributed by atoms with van der Waals surface area (Å²) in [6.45, 7) is 0. The molecule has 0 bridgehead atoms. The van der Waals surface area contributed by atoms with Crippen LogP contribution in [-0.2, 0) is 0 Å². The van der Waals surface area contributed by atoms with E-state index in [0.717, 1.165) is 5.52 Å². The summed E-state index contributed by atoms with van der Waals surface area (Å²) < 4.78 is 0. The summed E-state index contributed by atoms with van der Waals surface area (Å²) in [5, 5.41) is 10.1. The van der Waals surface area contributed by atoms with Crippen molar-refractivity contribution in [2.45, 2.75) is 0 Å². The molecule has 0 radical (unpaired) electrons. The van der Waals surface area contributed by atoms with E-state index in [1.165, 1.54) is 0 Å². The van der Waals surface area contributed by atoms with Gasteiger partial charge in [-0.25, -0.2) is 4.98 Å². The molecule has 0 aromatic carbocycles. The lowest BCUT2D eigenvalue weighted by Gasteiger charge is -1.77. The average molecular weight is 200 g/mol. The van der Waals surface area contributed by atoms with Gasteiger partial charge in [0, 0.05) is 31.0 Å². The molecule has 3 heterocycles. The molecule has 0 aliphatic carbocycles. The van der Waals surface area contributed by atoms with E-state index in [4.69, 9.17) is 0 Å². The van der Waals surface area contributed by atoms with Crippen LogP contribution < -0.4 is 0 Å². The fraction of sp³-hybridized carbons (Fsp3) is 0. The van der Waals surface area contributed by atoms with Crippen molar-refractivity contribution in [2.24, 2.45) is 0 Å². The summed E-state index contributed by atoms with van der Waals surface area (Å²) >= 11 is 0. The molecule has 6 nitrogen and oxygen atoms in total. The number of aromatic nitrogens is 6. The third-order valence-corrected chi connectivity index (χ3v) is 1.57. The first-order valence-corrected chi connectivity index (χ1v) is 4.28. The largest absolute Gasteiger partial charge is 0.262 e. The van der Waals surface area contributed by atoms with Crippen molar-refractivity contribution < 1.29 is 0 Å². The van der Waals surface area contributed by atoms with Crippen LogP contribution in [0, 0.1) is 0 Å². The van der Waals surface area contributed by atoms with Crippen molar-refractivity contribution in [1.82, 2.24) is 30.4 Å². The fourth-order valence-corrected chi connectivity index (χ4v) is 0.941. The Hall–Kier alpha value is -2.37. The van der Waals surface area contributed by atoms with Crippen LogP contribution in [0.2, 0.25) is 0 Å². The first-order chi connectivity index (χ1) is 7.47. The molecule has 0 fully saturated rings. The normalized spacial score (nSPS) is 9.33. The zero-order valence-corrected chi connectivity index (χ0v) is 7.78. The van der Waals surface area contributed by atoms with Gasteiger partial charge >= 0.3 is 0 Å². The molecule has 0 amide bonds. The minimum absolute atomic E-state index is 0.664. The number of rotatable bonds is 0. The zero-order valence-electron chi connectivity index (χ0n) is 7.78. The van der Waals surface area contributed by atoms with Crippen molar-refractivity contribution in [1.29, 1.82) is 0 Å². The van der Waals surface area contributed by atoms with Crippen LogP contribution in [0.4, 0.5) is 0 Å². The minimum Gasteiger partial charge on any atom is -0.262 e. The Morgan fingerprint density at radius 3 is 2.20 bits per heavy atom. The Bertz CT molecular complexity index is 449. The fourth-order valence-electron chi connectivity index (χ4n) is 0.941. The van der Waals surface area contributed by atoms with Gasteiger partial charge in [0.05, 0.1) is 0 Å². The van der Waals surface area contributed by atoms with Crippen molar-refractivity contribution >= 4 is 11.2 Å². The smallest absolute Gasteiger partial charge is 0.201 e. The van der Waals surface area contributed by atoms with E-state index in [1.54, 1.807) is 31.0 Å². The second-order valence-electron chi connectivity index (χ2n) is 2.56. The van der Waals surface area contributed by atoms with E-state index in [9.17, 15) is 0 Å². The SMILES string of the molecule is c1cnc2n[nH]nc2c1.c1cnccn1. The summed E-state index contributed by atoms with van der Waals surface area (Å²) in [7, 11) is 0. The van der Waals surface area contributed by atoms with Crippen molar-refractivity contribution in [3.05, 3.63) is 43.1 Å². The molecule has 0 spiro atoms. The van der Waals surface area contributed by atoms with Crippen LogP contribution in [0.1, 0.15) is 0 Å². The summed E-state index contributed by atoms with van der Waals surface area (Å²) in [6, 6.07) is 3.68. The van der Waals surface area contributed by atoms with Crippen molar-refractivity contribution in [3.8, 4) is 0 Å². The van der Waals surface area contributed by atoms with E-state index >= 15 is 0 Å². The van der Waals surface area contributed by atoms with Gasteiger partial charge in [0.1, 0.15) is 5.52 Å². The highest BCUT2D eigenvalue weighted by atomic mass is 15.3. The molecule has 0 atom stereocenters. The first kappa shape index (κ1) is 9.20. The van der Waals surface area contributed by atoms with E-state index in [0.29, 0.717) is 5.65 Å². The number of hydrogen-bond acceptors (Lipinski definition) is 5. The first-order valence-electron chi connectivity index (χ1n) is 4.28. The number of nitrogens with zero attached hydrogens (tertiary/aromatic N) is 5. The number of pyridine rings is 1. The molecule has 0 aliphatic rings. The van der Waals surface area contributed by atoms with Gasteiger partial charge in [-0.1, -0.05) is 0 Å². The molecule has 3 aromatic heterocycles. The second kappa shape index (κ2) is 4.75. The third kappa shape index (κ3) is 2.53.